The fraction of sp³-hybridized carbons (Fsp3) is 0.458. The molecule has 0 aliphatic rings. The lowest BCUT2D eigenvalue weighted by Crippen LogP contribution is -2.10. The van der Waals surface area contributed by atoms with Gasteiger partial charge in [0.1, 0.15) is 0 Å². The molecule has 0 aliphatic carbocycles. The van der Waals surface area contributed by atoms with Crippen LogP contribution in [0.5, 0.6) is 0 Å². The molecular formula is C24H32O3. The van der Waals surface area contributed by atoms with Gasteiger partial charge >= 0.3 is 6.16 Å². The van der Waals surface area contributed by atoms with Gasteiger partial charge in [-0.2, -0.15) is 0 Å². The highest BCUT2D eigenvalue weighted by molar-refractivity contribution is 5.59. The smallest absolute Gasteiger partial charge is 0.434 e. The van der Waals surface area contributed by atoms with Crippen molar-refractivity contribution < 1.29 is 14.3 Å². The summed E-state index contributed by atoms with van der Waals surface area (Å²) < 4.78 is 10.3. The van der Waals surface area contributed by atoms with Gasteiger partial charge in [0.05, 0.1) is 13.2 Å². The highest BCUT2D eigenvalue weighted by Gasteiger charge is 2.04. The van der Waals surface area contributed by atoms with Crippen LogP contribution in [0.4, 0.5) is 4.79 Å². The van der Waals surface area contributed by atoms with Crippen LogP contribution >= 0.6 is 0 Å². The molecule has 3 nitrogen and oxygen atoms in total. The van der Waals surface area contributed by atoms with Crippen molar-refractivity contribution in [3.8, 4) is 0 Å². The maximum Gasteiger partial charge on any atom is 0.508 e. The molecular weight excluding hydrogens is 336 g/mol. The Labute approximate surface area is 163 Å². The highest BCUT2D eigenvalue weighted by atomic mass is 16.7. The topological polar surface area (TPSA) is 35.5 Å². The number of rotatable bonds is 12. The molecule has 0 saturated heterocycles. The van der Waals surface area contributed by atoms with Crippen molar-refractivity contribution in [3.05, 3.63) is 71.3 Å². The summed E-state index contributed by atoms with van der Waals surface area (Å²) in [6, 6.07) is 19.0. The summed E-state index contributed by atoms with van der Waals surface area (Å²) in [5.74, 6) is 0. The second kappa shape index (κ2) is 13.0. The number of benzene rings is 2. The van der Waals surface area contributed by atoms with Gasteiger partial charge in [-0.1, -0.05) is 74.4 Å². The third kappa shape index (κ3) is 9.28. The zero-order chi connectivity index (χ0) is 19.2. The SMILES string of the molecule is CCCCCc1ccc(CCCOC(=O)OCCCc2ccccc2)cc1. The molecule has 27 heavy (non-hydrogen) atoms. The van der Waals surface area contributed by atoms with Gasteiger partial charge < -0.3 is 9.47 Å². The Bertz CT molecular complexity index is 634. The molecule has 0 atom stereocenters. The fourth-order valence-electron chi connectivity index (χ4n) is 3.00. The van der Waals surface area contributed by atoms with Gasteiger partial charge in [0, 0.05) is 0 Å². The average molecular weight is 369 g/mol. The molecule has 0 aliphatic heterocycles. The van der Waals surface area contributed by atoms with Gasteiger partial charge in [0.15, 0.2) is 0 Å². The molecule has 0 fully saturated rings. The zero-order valence-electron chi connectivity index (χ0n) is 16.5. The van der Waals surface area contributed by atoms with Crippen molar-refractivity contribution >= 4 is 6.16 Å². The van der Waals surface area contributed by atoms with E-state index in [1.54, 1.807) is 0 Å². The molecule has 2 aromatic rings. The molecule has 0 heterocycles. The minimum atomic E-state index is -0.561. The van der Waals surface area contributed by atoms with Gasteiger partial charge in [-0.3, -0.25) is 0 Å². The van der Waals surface area contributed by atoms with Crippen molar-refractivity contribution in [2.24, 2.45) is 0 Å². The van der Waals surface area contributed by atoms with Crippen molar-refractivity contribution in [2.75, 3.05) is 13.2 Å². The van der Waals surface area contributed by atoms with Crippen LogP contribution in [-0.4, -0.2) is 19.4 Å². The maximum atomic E-state index is 11.6. The average Bonchev–Trinajstić information content (AvgIpc) is 2.71. The van der Waals surface area contributed by atoms with Gasteiger partial charge in [-0.05, 0) is 55.2 Å². The molecule has 3 heteroatoms. The summed E-state index contributed by atoms with van der Waals surface area (Å²) in [6.45, 7) is 3.02. The molecule has 0 amide bonds. The van der Waals surface area contributed by atoms with E-state index in [1.807, 2.05) is 18.2 Å². The first-order valence-electron chi connectivity index (χ1n) is 10.2. The second-order valence-electron chi connectivity index (χ2n) is 6.91. The highest BCUT2D eigenvalue weighted by Crippen LogP contribution is 2.10. The molecule has 146 valence electrons. The van der Waals surface area contributed by atoms with Gasteiger partial charge in [-0.25, -0.2) is 4.79 Å². The molecule has 0 aromatic heterocycles. The van der Waals surface area contributed by atoms with Crippen LogP contribution in [-0.2, 0) is 28.7 Å². The molecule has 0 bridgehead atoms. The van der Waals surface area contributed by atoms with Crippen LogP contribution in [0.15, 0.2) is 54.6 Å². The Morgan fingerprint density at radius 1 is 0.667 bits per heavy atom. The second-order valence-corrected chi connectivity index (χ2v) is 6.91. The van der Waals surface area contributed by atoms with Crippen molar-refractivity contribution in [1.82, 2.24) is 0 Å². The van der Waals surface area contributed by atoms with Crippen LogP contribution in [0.3, 0.4) is 0 Å². The number of hydrogen-bond donors (Lipinski definition) is 0. The number of carbonyl (C=O) groups excluding carboxylic acids is 1. The van der Waals surface area contributed by atoms with E-state index in [-0.39, 0.29) is 0 Å². The van der Waals surface area contributed by atoms with Crippen molar-refractivity contribution in [3.63, 3.8) is 0 Å². The fourth-order valence-corrected chi connectivity index (χ4v) is 3.00. The van der Waals surface area contributed by atoms with Crippen LogP contribution in [0.2, 0.25) is 0 Å². The monoisotopic (exact) mass is 368 g/mol. The maximum absolute atomic E-state index is 11.6. The normalized spacial score (nSPS) is 10.6. The first-order chi connectivity index (χ1) is 13.3. The number of unbranched alkanes of at least 4 members (excludes halogenated alkanes) is 2. The standard InChI is InChI=1S/C24H32O3/c1-2-3-5-10-22-15-17-23(18-16-22)14-9-20-27-24(25)26-19-8-13-21-11-6-4-7-12-21/h4,6-7,11-12,15-18H,2-3,5,8-10,13-14,19-20H2,1H3. The zero-order valence-corrected chi connectivity index (χ0v) is 16.5. The quantitative estimate of drug-likeness (QED) is 0.333. The molecule has 0 unspecified atom stereocenters. The molecule has 0 spiro atoms. The van der Waals surface area contributed by atoms with E-state index in [2.05, 4.69) is 43.3 Å². The summed E-state index contributed by atoms with van der Waals surface area (Å²) in [5.41, 5.74) is 3.95. The van der Waals surface area contributed by atoms with Crippen LogP contribution in [0.1, 0.15) is 55.7 Å². The summed E-state index contributed by atoms with van der Waals surface area (Å²) in [4.78, 5) is 11.6. The Hall–Kier alpha value is -2.29. The van der Waals surface area contributed by atoms with E-state index in [0.717, 1.165) is 32.1 Å². The van der Waals surface area contributed by atoms with E-state index in [4.69, 9.17) is 9.47 Å². The predicted octanol–water partition coefficient (Wildman–Crippen LogP) is 6.14. The van der Waals surface area contributed by atoms with Crippen LogP contribution < -0.4 is 0 Å². The first-order valence-corrected chi connectivity index (χ1v) is 10.2. The molecule has 2 rings (SSSR count). The lowest BCUT2D eigenvalue weighted by molar-refractivity contribution is 0.0539. The van der Waals surface area contributed by atoms with Crippen LogP contribution in [0.25, 0.3) is 0 Å². The molecule has 2 aromatic carbocycles. The summed E-state index contributed by atoms with van der Waals surface area (Å²) in [6.07, 6.45) is 7.85. The number of ether oxygens (including phenoxy) is 2. The first kappa shape index (κ1) is 21.0. The van der Waals surface area contributed by atoms with Gasteiger partial charge in [-0.15, -0.1) is 0 Å². The van der Waals surface area contributed by atoms with Gasteiger partial charge in [0.25, 0.3) is 0 Å². The summed E-state index contributed by atoms with van der Waals surface area (Å²) >= 11 is 0. The Kier molecular flexibility index (Phi) is 10.1. The lowest BCUT2D eigenvalue weighted by atomic mass is 10.0. The van der Waals surface area contributed by atoms with Crippen molar-refractivity contribution in [2.45, 2.75) is 58.3 Å². The Balaban J connectivity index is 1.51. The van der Waals surface area contributed by atoms with Crippen LogP contribution in [0, 0.1) is 0 Å². The molecule has 0 radical (unpaired) electrons. The third-order valence-electron chi connectivity index (χ3n) is 4.59. The number of hydrogen-bond acceptors (Lipinski definition) is 3. The van der Waals surface area contributed by atoms with E-state index in [1.165, 1.54) is 36.0 Å². The summed E-state index contributed by atoms with van der Waals surface area (Å²) in [5, 5.41) is 0. The predicted molar refractivity (Wildman–Crippen MR) is 110 cm³/mol. The van der Waals surface area contributed by atoms with E-state index >= 15 is 0 Å². The van der Waals surface area contributed by atoms with E-state index in [0.29, 0.717) is 13.2 Å². The van der Waals surface area contributed by atoms with E-state index in [9.17, 15) is 4.79 Å². The largest absolute Gasteiger partial charge is 0.508 e. The minimum absolute atomic E-state index is 0.396. The third-order valence-corrected chi connectivity index (χ3v) is 4.59. The summed E-state index contributed by atoms with van der Waals surface area (Å²) in [7, 11) is 0. The number of aryl methyl sites for hydroxylation is 3. The molecule has 0 N–H and O–H groups in total. The lowest BCUT2D eigenvalue weighted by Gasteiger charge is -2.07. The molecule has 0 saturated carbocycles. The Morgan fingerprint density at radius 3 is 1.67 bits per heavy atom. The van der Waals surface area contributed by atoms with Crippen molar-refractivity contribution in [1.29, 1.82) is 0 Å². The van der Waals surface area contributed by atoms with E-state index < -0.39 is 6.16 Å². The number of carbonyl (C=O) groups is 1. The Morgan fingerprint density at radius 2 is 1.15 bits per heavy atom. The minimum Gasteiger partial charge on any atom is -0.434 e. The van der Waals surface area contributed by atoms with Gasteiger partial charge in [0.2, 0.25) is 0 Å².